The van der Waals surface area contributed by atoms with Crippen LogP contribution in [0, 0.1) is 5.41 Å². The van der Waals surface area contributed by atoms with Crippen molar-refractivity contribution in [2.75, 3.05) is 26.4 Å². The molecule has 4 saturated heterocycles. The average Bonchev–Trinajstić information content (AvgIpc) is 1.67. The molecule has 0 saturated carbocycles. The molecule has 34 nitrogen and oxygen atoms in total. The van der Waals surface area contributed by atoms with Crippen molar-refractivity contribution in [1.29, 1.82) is 0 Å². The van der Waals surface area contributed by atoms with Crippen LogP contribution in [0.3, 0.4) is 0 Å². The first-order valence-electron chi connectivity index (χ1n) is 37.8. The van der Waals surface area contributed by atoms with Crippen molar-refractivity contribution in [2.24, 2.45) is 5.41 Å². The average molecular weight is 1650 g/mol. The molecular weight excluding hydrogens is 1560 g/mol. The number of benzene rings is 6. The number of hydrogen-bond donors (Lipinski definition) is 1. The van der Waals surface area contributed by atoms with Crippen molar-refractivity contribution in [3.8, 4) is 0 Å². The Morgan fingerprint density at radius 1 is 0.336 bits per heavy atom. The van der Waals surface area contributed by atoms with Crippen LogP contribution in [0.15, 0.2) is 182 Å². The summed E-state index contributed by atoms with van der Waals surface area (Å²) in [6.45, 7) is 7.58. The van der Waals surface area contributed by atoms with Crippen molar-refractivity contribution in [1.82, 2.24) is 5.32 Å². The van der Waals surface area contributed by atoms with Crippen LogP contribution >= 0.6 is 0 Å². The molecule has 1 amide bonds. The van der Waals surface area contributed by atoms with Gasteiger partial charge in [0.25, 0.3) is 0 Å². The molecule has 0 radical (unpaired) electrons. The van der Waals surface area contributed by atoms with E-state index in [0.29, 0.717) is 5.56 Å². The molecule has 0 unspecified atom stereocenters. The lowest BCUT2D eigenvalue weighted by Gasteiger charge is -2.49. The van der Waals surface area contributed by atoms with Gasteiger partial charge in [0.1, 0.15) is 62.5 Å². The molecule has 4 fully saturated rings. The molecular formula is C85H91NO33. The number of ether oxygens (including phenoxy) is 20. The molecule has 4 aliphatic rings. The van der Waals surface area contributed by atoms with E-state index in [0.717, 1.165) is 48.5 Å². The largest absolute Gasteiger partial charge is 0.463 e. The highest BCUT2D eigenvalue weighted by molar-refractivity contribution is 5.92. The van der Waals surface area contributed by atoms with Crippen molar-refractivity contribution >= 4 is 77.5 Å². The van der Waals surface area contributed by atoms with Gasteiger partial charge in [-0.05, 0) is 87.0 Å². The van der Waals surface area contributed by atoms with Crippen LogP contribution in [-0.4, -0.2) is 227 Å². The molecule has 1 N–H and O–H groups in total. The lowest BCUT2D eigenvalue weighted by atomic mass is 9.94. The second kappa shape index (κ2) is 42.0. The minimum atomic E-state index is -2.22. The van der Waals surface area contributed by atoms with Crippen LogP contribution in [0.5, 0.6) is 0 Å². The lowest BCUT2D eigenvalue weighted by Crippen LogP contribution is -2.68. The summed E-state index contributed by atoms with van der Waals surface area (Å²) in [6.07, 6.45) is -37.6. The zero-order valence-electron chi connectivity index (χ0n) is 66.4. The maximum absolute atomic E-state index is 15.2. The van der Waals surface area contributed by atoms with E-state index in [9.17, 15) is 52.7 Å². The number of carbonyl (C=O) groups is 13. The fraction of sp³-hybridized carbons (Fsp3) is 0.424. The number of nitrogens with one attached hydrogen (secondary N) is 1. The maximum atomic E-state index is 15.2. The Labute approximate surface area is 682 Å². The summed E-state index contributed by atoms with van der Waals surface area (Å²) in [5.41, 5.74) is -1.17. The van der Waals surface area contributed by atoms with Gasteiger partial charge >= 0.3 is 71.6 Å². The van der Waals surface area contributed by atoms with Gasteiger partial charge in [-0.1, -0.05) is 121 Å². The Morgan fingerprint density at radius 2 is 0.706 bits per heavy atom. The standard InChI is InChI=1S/C85H91NO33/c1-46(87)86-63-68(113-77(96)56-35-23-14-24-36-56)64(116-83-74(115-79(98)58-39-27-16-28-40-58)70(114-78(97)57-37-25-15-26-38-57)67(117-83)59(109-76(95)55-33-21-13-22-34-55)44-102-75(94)54-31-19-12-20-32-54)62(110-80(63)103-41-53-29-17-11-18-30-53)45-104-81-72(119-84(99)85(8,9)10)71(66(106-50(5)91)60(111-81)42-100-47(2)88)118-82-73(108-52(7)93)69(107-51(6)92)65(105-49(4)90)61(112-82)43-101-48(3)89/h11-40,59-74,80-83H,41-45H2,1-10H3,(H,86,87)/t59-,60-,61-,62-,63-,64-,65+,66+,67+,68-,69+,70+,71+,72-,73-,74-,80+,81-,82+,83-/m1/s1. The first-order chi connectivity index (χ1) is 56.9. The molecule has 6 aromatic carbocycles. The van der Waals surface area contributed by atoms with E-state index >= 15 is 9.59 Å². The summed E-state index contributed by atoms with van der Waals surface area (Å²) in [6, 6.07) is 44.4. The molecule has 634 valence electrons. The molecule has 6 aromatic rings. The summed E-state index contributed by atoms with van der Waals surface area (Å²) in [5, 5.41) is 2.78. The van der Waals surface area contributed by atoms with Gasteiger partial charge in [-0.25, -0.2) is 24.0 Å². The Kier molecular flexibility index (Phi) is 31.6. The first-order valence-corrected chi connectivity index (χ1v) is 37.8. The Hall–Kier alpha value is -11.9. The number of rotatable bonds is 32. The molecule has 0 aliphatic carbocycles. The normalized spacial score (nSPS) is 26.1. The quantitative estimate of drug-likeness (QED) is 0.0329. The number of amides is 1. The third-order valence-corrected chi connectivity index (χ3v) is 18.4. The fourth-order valence-electron chi connectivity index (χ4n) is 13.1. The summed E-state index contributed by atoms with van der Waals surface area (Å²) in [5.74, 6) is -13.1. The van der Waals surface area contributed by atoms with Crippen molar-refractivity contribution in [3.05, 3.63) is 215 Å². The van der Waals surface area contributed by atoms with Gasteiger partial charge in [-0.2, -0.15) is 0 Å². The van der Waals surface area contributed by atoms with Crippen LogP contribution < -0.4 is 5.32 Å². The zero-order chi connectivity index (χ0) is 85.6. The topological polar surface area (TPSA) is 419 Å². The first kappa shape index (κ1) is 89.5. The van der Waals surface area contributed by atoms with E-state index in [2.05, 4.69) is 5.32 Å². The van der Waals surface area contributed by atoms with Crippen LogP contribution in [0.2, 0.25) is 0 Å². The molecule has 119 heavy (non-hydrogen) atoms. The highest BCUT2D eigenvalue weighted by atomic mass is 16.8. The van der Waals surface area contributed by atoms with Gasteiger partial charge in [0.15, 0.2) is 80.1 Å². The molecule has 10 rings (SSSR count). The van der Waals surface area contributed by atoms with E-state index in [1.165, 1.54) is 118 Å². The van der Waals surface area contributed by atoms with Crippen molar-refractivity contribution in [2.45, 2.75) is 199 Å². The predicted molar refractivity (Wildman–Crippen MR) is 403 cm³/mol. The van der Waals surface area contributed by atoms with E-state index < -0.39 is 232 Å². The van der Waals surface area contributed by atoms with E-state index in [-0.39, 0.29) is 34.4 Å². The van der Waals surface area contributed by atoms with Crippen LogP contribution in [-0.2, 0) is 140 Å². The van der Waals surface area contributed by atoms with Gasteiger partial charge < -0.3 is 100 Å². The number of hydrogen-bond acceptors (Lipinski definition) is 33. The van der Waals surface area contributed by atoms with Crippen molar-refractivity contribution < 1.29 is 157 Å². The number of carbonyl (C=O) groups excluding carboxylic acids is 13. The summed E-state index contributed by atoms with van der Waals surface area (Å²) in [4.78, 5) is 181. The van der Waals surface area contributed by atoms with Crippen LogP contribution in [0.25, 0.3) is 0 Å². The molecule has 4 heterocycles. The molecule has 0 bridgehead atoms. The van der Waals surface area contributed by atoms with Gasteiger partial charge in [0.2, 0.25) is 5.91 Å². The van der Waals surface area contributed by atoms with E-state index in [1.807, 2.05) is 0 Å². The van der Waals surface area contributed by atoms with Gasteiger partial charge in [-0.3, -0.25) is 38.4 Å². The maximum Gasteiger partial charge on any atom is 0.338 e. The highest BCUT2D eigenvalue weighted by Crippen LogP contribution is 2.41. The van der Waals surface area contributed by atoms with Crippen molar-refractivity contribution in [3.63, 3.8) is 0 Å². The predicted octanol–water partition coefficient (Wildman–Crippen LogP) is 6.96. The minimum Gasteiger partial charge on any atom is -0.463 e. The van der Waals surface area contributed by atoms with Crippen LogP contribution in [0.1, 0.15) is 127 Å². The molecule has 4 aliphatic heterocycles. The summed E-state index contributed by atoms with van der Waals surface area (Å²) in [7, 11) is 0. The highest BCUT2D eigenvalue weighted by Gasteiger charge is 2.62. The number of esters is 12. The summed E-state index contributed by atoms with van der Waals surface area (Å²) < 4.78 is 126. The van der Waals surface area contributed by atoms with E-state index in [4.69, 9.17) is 94.7 Å². The smallest absolute Gasteiger partial charge is 0.338 e. The second-order valence-electron chi connectivity index (χ2n) is 28.7. The lowest BCUT2D eigenvalue weighted by molar-refractivity contribution is -0.368. The monoisotopic (exact) mass is 1650 g/mol. The third kappa shape index (κ3) is 24.9. The Morgan fingerprint density at radius 3 is 1.17 bits per heavy atom. The van der Waals surface area contributed by atoms with Gasteiger partial charge in [0, 0.05) is 48.5 Å². The molecule has 0 aromatic heterocycles. The minimum absolute atomic E-state index is 0.0311. The third-order valence-electron chi connectivity index (χ3n) is 18.4. The Balaban J connectivity index is 1.17. The second-order valence-corrected chi connectivity index (χ2v) is 28.7. The van der Waals surface area contributed by atoms with Gasteiger partial charge in [-0.15, -0.1) is 0 Å². The molecule has 0 spiro atoms. The molecule has 34 heteroatoms. The zero-order valence-corrected chi connectivity index (χ0v) is 66.4. The van der Waals surface area contributed by atoms with Gasteiger partial charge in [0.05, 0.1) is 46.4 Å². The summed E-state index contributed by atoms with van der Waals surface area (Å²) >= 11 is 0. The Bertz CT molecular complexity index is 4480. The molecule has 20 atom stereocenters. The SMILES string of the molecule is CC(=O)N[C@H]1[C@@H](OCc2ccccc2)O[C@H](CO[C@@H]2O[C@H](COC(C)=O)[C@H](OC(C)=O)[C@H](O[C@@H]3O[C@H](COC(C)=O)[C@H](OC(C)=O)[C@H](OC(C)=O)[C@H]3OC(C)=O)[C@H]2OC(=O)C(C)(C)C)[C@@H](O[C@@H]2O[C@@H]([C@@H](COC(=O)c3ccccc3)OC(=O)c3ccccc3)[C@H](OC(=O)c3ccccc3)[C@H]2OC(=O)c2ccccc2)[C@@H]1OC(=O)c1ccccc1. The van der Waals surface area contributed by atoms with Crippen LogP contribution in [0.4, 0.5) is 0 Å². The fourth-order valence-corrected chi connectivity index (χ4v) is 13.1. The van der Waals surface area contributed by atoms with E-state index in [1.54, 1.807) is 84.9 Å².